The van der Waals surface area contributed by atoms with Crippen LogP contribution in [0.5, 0.6) is 0 Å². The SMILES string of the molecule is CC(=O)O[C@@H]1CC[C@]2(C)[C@H](CC[C@H]3[C@H]4C[C@@H]5O[C@H]([C@@H]6CC[C@H](C)CO6)[C@H](C)[C@@H]5[C@]4(C)OC(=O)[C@@H]32)C1. The van der Waals surface area contributed by atoms with Gasteiger partial charge in [-0.05, 0) is 87.4 Å². The van der Waals surface area contributed by atoms with E-state index in [9.17, 15) is 9.59 Å². The Kier molecular flexibility index (Phi) is 5.84. The summed E-state index contributed by atoms with van der Waals surface area (Å²) in [6.45, 7) is 11.4. The van der Waals surface area contributed by atoms with Gasteiger partial charge in [-0.25, -0.2) is 0 Å². The fourth-order valence-electron chi connectivity index (χ4n) is 9.90. The van der Waals surface area contributed by atoms with E-state index in [1.807, 2.05) is 0 Å². The van der Waals surface area contributed by atoms with Crippen LogP contribution in [0.2, 0.25) is 0 Å². The fraction of sp³-hybridized carbons (Fsp3) is 0.931. The van der Waals surface area contributed by atoms with Crippen LogP contribution < -0.4 is 0 Å². The summed E-state index contributed by atoms with van der Waals surface area (Å²) >= 11 is 0. The van der Waals surface area contributed by atoms with E-state index in [4.69, 9.17) is 18.9 Å². The number of ether oxygens (including phenoxy) is 4. The average molecular weight is 489 g/mol. The second kappa shape index (κ2) is 8.44. The van der Waals surface area contributed by atoms with Crippen molar-refractivity contribution < 1.29 is 28.5 Å². The first-order valence-corrected chi connectivity index (χ1v) is 14.3. The first kappa shape index (κ1) is 24.2. The summed E-state index contributed by atoms with van der Waals surface area (Å²) in [7, 11) is 0. The number of hydrogen-bond acceptors (Lipinski definition) is 6. The molecular formula is C29H44O6. The maximum absolute atomic E-state index is 13.8. The Bertz CT molecular complexity index is 865. The number of carbonyl (C=O) groups excluding carboxylic acids is 2. The van der Waals surface area contributed by atoms with Gasteiger partial charge in [-0.2, -0.15) is 0 Å². The van der Waals surface area contributed by atoms with Crippen molar-refractivity contribution >= 4 is 11.9 Å². The Balaban J connectivity index is 1.21. The number of carbonyl (C=O) groups is 2. The molecule has 6 aliphatic rings. The predicted octanol–water partition coefficient (Wildman–Crippen LogP) is 4.92. The normalized spacial score (nSPS) is 55.2. The molecule has 6 fully saturated rings. The quantitative estimate of drug-likeness (QED) is 0.514. The summed E-state index contributed by atoms with van der Waals surface area (Å²) in [5.41, 5.74) is -0.519. The van der Waals surface area contributed by atoms with E-state index in [1.165, 1.54) is 13.3 Å². The third-order valence-corrected chi connectivity index (χ3v) is 11.5. The van der Waals surface area contributed by atoms with Gasteiger partial charge < -0.3 is 18.9 Å². The molecule has 3 heterocycles. The minimum absolute atomic E-state index is 0.00554. The highest BCUT2D eigenvalue weighted by molar-refractivity contribution is 5.76. The summed E-state index contributed by atoms with van der Waals surface area (Å²) in [4.78, 5) is 25.4. The van der Waals surface area contributed by atoms with Gasteiger partial charge in [-0.15, -0.1) is 0 Å². The molecular weight excluding hydrogens is 444 g/mol. The Morgan fingerprint density at radius 1 is 1.03 bits per heavy atom. The van der Waals surface area contributed by atoms with Crippen LogP contribution in [0.25, 0.3) is 0 Å². The zero-order chi connectivity index (χ0) is 24.7. The first-order valence-electron chi connectivity index (χ1n) is 14.3. The van der Waals surface area contributed by atoms with Crippen LogP contribution in [0, 0.1) is 46.8 Å². The molecule has 3 aliphatic heterocycles. The summed E-state index contributed by atoms with van der Waals surface area (Å²) in [5.74, 6) is 2.10. The number of hydrogen-bond donors (Lipinski definition) is 0. The van der Waals surface area contributed by atoms with Crippen molar-refractivity contribution in [2.24, 2.45) is 46.8 Å². The Hall–Kier alpha value is -1.14. The molecule has 196 valence electrons. The van der Waals surface area contributed by atoms with E-state index in [0.717, 1.165) is 51.6 Å². The zero-order valence-corrected chi connectivity index (χ0v) is 22.2. The van der Waals surface area contributed by atoms with E-state index in [2.05, 4.69) is 27.7 Å². The van der Waals surface area contributed by atoms with Crippen molar-refractivity contribution in [2.75, 3.05) is 6.61 Å². The summed E-state index contributed by atoms with van der Waals surface area (Å²) in [6, 6.07) is 0. The maximum Gasteiger partial charge on any atom is 0.310 e. The number of fused-ring (bicyclic) bond motifs is 7. The molecule has 0 radical (unpaired) electrons. The molecule has 0 unspecified atom stereocenters. The lowest BCUT2D eigenvalue weighted by molar-refractivity contribution is -0.221. The first-order chi connectivity index (χ1) is 16.6. The molecule has 35 heavy (non-hydrogen) atoms. The monoisotopic (exact) mass is 488 g/mol. The molecule has 0 aromatic carbocycles. The van der Waals surface area contributed by atoms with Gasteiger partial charge in [0.15, 0.2) is 0 Å². The van der Waals surface area contributed by atoms with Crippen molar-refractivity contribution in [1.82, 2.24) is 0 Å². The van der Waals surface area contributed by atoms with Crippen molar-refractivity contribution in [2.45, 2.75) is 116 Å². The number of rotatable bonds is 2. The molecule has 0 aromatic heterocycles. The lowest BCUT2D eigenvalue weighted by atomic mass is 9.48. The third-order valence-electron chi connectivity index (χ3n) is 11.5. The lowest BCUT2D eigenvalue weighted by Gasteiger charge is -2.59. The van der Waals surface area contributed by atoms with Gasteiger partial charge >= 0.3 is 11.9 Å². The molecule has 13 atom stereocenters. The molecule has 6 nitrogen and oxygen atoms in total. The van der Waals surface area contributed by atoms with Crippen LogP contribution in [-0.4, -0.2) is 48.6 Å². The molecule has 6 rings (SSSR count). The fourth-order valence-corrected chi connectivity index (χ4v) is 9.90. The Morgan fingerprint density at radius 2 is 1.83 bits per heavy atom. The topological polar surface area (TPSA) is 71.1 Å². The van der Waals surface area contributed by atoms with Crippen LogP contribution in [0.1, 0.15) is 86.0 Å². The van der Waals surface area contributed by atoms with Gasteiger partial charge in [0.25, 0.3) is 0 Å². The van der Waals surface area contributed by atoms with E-state index < -0.39 is 5.60 Å². The van der Waals surface area contributed by atoms with E-state index in [-0.39, 0.29) is 53.6 Å². The molecule has 3 saturated heterocycles. The van der Waals surface area contributed by atoms with Gasteiger partial charge in [0.05, 0.1) is 24.2 Å². The van der Waals surface area contributed by atoms with Crippen LogP contribution in [0.4, 0.5) is 0 Å². The average Bonchev–Trinajstić information content (AvgIpc) is 3.27. The minimum Gasteiger partial charge on any atom is -0.463 e. The van der Waals surface area contributed by atoms with Gasteiger partial charge in [-0.3, -0.25) is 9.59 Å². The highest BCUT2D eigenvalue weighted by Gasteiger charge is 2.70. The van der Waals surface area contributed by atoms with E-state index in [0.29, 0.717) is 29.6 Å². The van der Waals surface area contributed by atoms with Crippen molar-refractivity contribution in [3.63, 3.8) is 0 Å². The van der Waals surface area contributed by atoms with Crippen LogP contribution in [0.3, 0.4) is 0 Å². The minimum atomic E-state index is -0.447. The summed E-state index contributed by atoms with van der Waals surface area (Å²) in [5, 5.41) is 0. The second-order valence-electron chi connectivity index (χ2n) is 13.5. The largest absolute Gasteiger partial charge is 0.463 e. The molecule has 0 bridgehead atoms. The molecule has 0 amide bonds. The van der Waals surface area contributed by atoms with Gasteiger partial charge in [0, 0.05) is 25.4 Å². The molecule has 0 N–H and O–H groups in total. The van der Waals surface area contributed by atoms with Crippen molar-refractivity contribution in [3.05, 3.63) is 0 Å². The Morgan fingerprint density at radius 3 is 2.54 bits per heavy atom. The van der Waals surface area contributed by atoms with Gasteiger partial charge in [0.2, 0.25) is 0 Å². The highest BCUT2D eigenvalue weighted by atomic mass is 16.6. The van der Waals surface area contributed by atoms with Crippen LogP contribution in [0.15, 0.2) is 0 Å². The van der Waals surface area contributed by atoms with Crippen LogP contribution >= 0.6 is 0 Å². The molecule has 6 heteroatoms. The molecule has 0 spiro atoms. The van der Waals surface area contributed by atoms with Crippen molar-refractivity contribution in [3.8, 4) is 0 Å². The van der Waals surface area contributed by atoms with E-state index >= 15 is 0 Å². The molecule has 0 aromatic rings. The number of esters is 2. The predicted molar refractivity (Wildman–Crippen MR) is 129 cm³/mol. The third kappa shape index (κ3) is 3.63. The van der Waals surface area contributed by atoms with Gasteiger partial charge in [-0.1, -0.05) is 20.8 Å². The van der Waals surface area contributed by atoms with Gasteiger partial charge in [0.1, 0.15) is 11.7 Å². The standard InChI is InChI=1S/C29H44O6/c1-15-6-9-22(32-14-15)26-16(2)24-23(34-26)13-21-20-8-7-18-12-19(33-17(3)30)10-11-28(18,4)25(20)27(31)35-29(21,24)5/h15-16,18-26H,6-14H2,1-5H3/t15-,16+,18+,19+,20-,21+,22-,23-,24-,25+,26-,28+,29+/m0/s1. The molecule has 3 saturated carbocycles. The summed E-state index contributed by atoms with van der Waals surface area (Å²) in [6.07, 6.45) is 8.51. The lowest BCUT2D eigenvalue weighted by Crippen LogP contribution is -2.61. The smallest absolute Gasteiger partial charge is 0.310 e. The highest BCUT2D eigenvalue weighted by Crippen LogP contribution is 2.66. The van der Waals surface area contributed by atoms with Crippen molar-refractivity contribution in [1.29, 1.82) is 0 Å². The Labute approximate surface area is 210 Å². The zero-order valence-electron chi connectivity index (χ0n) is 22.2. The molecule has 3 aliphatic carbocycles. The second-order valence-corrected chi connectivity index (χ2v) is 13.5. The maximum atomic E-state index is 13.8. The van der Waals surface area contributed by atoms with E-state index in [1.54, 1.807) is 0 Å². The van der Waals surface area contributed by atoms with Crippen LogP contribution in [-0.2, 0) is 28.5 Å². The summed E-state index contributed by atoms with van der Waals surface area (Å²) < 4.78 is 25.1.